The van der Waals surface area contributed by atoms with Crippen molar-refractivity contribution < 1.29 is 14.2 Å². The number of rotatable bonds is 7. The van der Waals surface area contributed by atoms with Crippen LogP contribution in [0.1, 0.15) is 24.5 Å². The second kappa shape index (κ2) is 9.01. The number of aromatic nitrogens is 2. The zero-order chi connectivity index (χ0) is 20.1. The van der Waals surface area contributed by atoms with Gasteiger partial charge in [-0.25, -0.2) is 0 Å². The van der Waals surface area contributed by atoms with Gasteiger partial charge in [0.15, 0.2) is 11.5 Å². The number of aryl methyl sites for hydroxylation is 1. The van der Waals surface area contributed by atoms with Gasteiger partial charge in [0, 0.05) is 43.9 Å². The number of ether oxygens (including phenoxy) is 3. The first-order valence-corrected chi connectivity index (χ1v) is 10.1. The van der Waals surface area contributed by atoms with Crippen molar-refractivity contribution in [1.29, 1.82) is 0 Å². The zero-order valence-electron chi connectivity index (χ0n) is 17.0. The Morgan fingerprint density at radius 3 is 2.79 bits per heavy atom. The van der Waals surface area contributed by atoms with E-state index in [4.69, 9.17) is 14.2 Å². The van der Waals surface area contributed by atoms with Crippen LogP contribution in [0.2, 0.25) is 0 Å². The van der Waals surface area contributed by atoms with Crippen LogP contribution < -0.4 is 19.5 Å². The fraction of sp³-hybridized carbons (Fsp3) is 0.348. The van der Waals surface area contributed by atoms with Crippen molar-refractivity contribution in [2.75, 3.05) is 19.8 Å². The molecule has 0 spiro atoms. The van der Waals surface area contributed by atoms with E-state index in [0.29, 0.717) is 19.8 Å². The maximum atomic E-state index is 5.84. The van der Waals surface area contributed by atoms with Gasteiger partial charge in [-0.3, -0.25) is 4.68 Å². The first kappa shape index (κ1) is 19.3. The van der Waals surface area contributed by atoms with Gasteiger partial charge in [-0.05, 0) is 42.8 Å². The number of hydrogen-bond acceptors (Lipinski definition) is 5. The molecule has 152 valence electrons. The summed E-state index contributed by atoms with van der Waals surface area (Å²) >= 11 is 0. The fourth-order valence-electron chi connectivity index (χ4n) is 3.47. The third-order valence-electron chi connectivity index (χ3n) is 4.78. The quantitative estimate of drug-likeness (QED) is 0.659. The molecule has 4 rings (SSSR count). The third-order valence-corrected chi connectivity index (χ3v) is 4.78. The molecule has 0 bridgehead atoms. The van der Waals surface area contributed by atoms with E-state index in [1.807, 2.05) is 49.0 Å². The fourth-order valence-corrected chi connectivity index (χ4v) is 3.47. The molecule has 1 aliphatic heterocycles. The summed E-state index contributed by atoms with van der Waals surface area (Å²) in [7, 11) is 1.95. The number of nitrogens with one attached hydrogen (secondary N) is 1. The van der Waals surface area contributed by atoms with Crippen LogP contribution in [-0.2, 0) is 20.1 Å². The molecule has 0 saturated heterocycles. The molecule has 0 fully saturated rings. The second-order valence-electron chi connectivity index (χ2n) is 7.07. The summed E-state index contributed by atoms with van der Waals surface area (Å²) in [5.74, 6) is 2.49. The highest BCUT2D eigenvalue weighted by molar-refractivity contribution is 5.66. The molecule has 3 aromatic rings. The van der Waals surface area contributed by atoms with Gasteiger partial charge in [-0.1, -0.05) is 12.1 Å². The lowest BCUT2D eigenvalue weighted by Crippen LogP contribution is -2.13. The van der Waals surface area contributed by atoms with Gasteiger partial charge in [0.1, 0.15) is 5.75 Å². The average molecular weight is 393 g/mol. The van der Waals surface area contributed by atoms with Gasteiger partial charge in [-0.15, -0.1) is 0 Å². The van der Waals surface area contributed by atoms with Crippen LogP contribution in [0, 0.1) is 0 Å². The molecule has 2 heterocycles. The molecule has 0 radical (unpaired) electrons. The van der Waals surface area contributed by atoms with Gasteiger partial charge in [0.05, 0.1) is 25.5 Å². The van der Waals surface area contributed by atoms with Crippen LogP contribution in [0.3, 0.4) is 0 Å². The number of nitrogens with zero attached hydrogens (tertiary/aromatic N) is 2. The lowest BCUT2D eigenvalue weighted by atomic mass is 10.1. The molecule has 0 saturated carbocycles. The van der Waals surface area contributed by atoms with E-state index in [-0.39, 0.29) is 0 Å². The number of hydrogen-bond donors (Lipinski definition) is 1. The summed E-state index contributed by atoms with van der Waals surface area (Å²) in [6, 6.07) is 14.2. The van der Waals surface area contributed by atoms with Gasteiger partial charge in [-0.2, -0.15) is 5.10 Å². The molecule has 1 aliphatic rings. The van der Waals surface area contributed by atoms with E-state index in [1.54, 1.807) is 0 Å². The maximum absolute atomic E-state index is 5.84. The summed E-state index contributed by atoms with van der Waals surface area (Å²) in [6.07, 6.45) is 2.95. The first-order valence-electron chi connectivity index (χ1n) is 10.1. The summed E-state index contributed by atoms with van der Waals surface area (Å²) in [4.78, 5) is 0. The largest absolute Gasteiger partial charge is 0.494 e. The predicted molar refractivity (Wildman–Crippen MR) is 112 cm³/mol. The molecule has 6 heteroatoms. The average Bonchev–Trinajstić information content (AvgIpc) is 2.94. The Morgan fingerprint density at radius 1 is 1.07 bits per heavy atom. The lowest BCUT2D eigenvalue weighted by Gasteiger charge is -2.10. The van der Waals surface area contributed by atoms with E-state index < -0.39 is 0 Å². The Kier molecular flexibility index (Phi) is 6.00. The summed E-state index contributed by atoms with van der Waals surface area (Å²) < 4.78 is 19.0. The van der Waals surface area contributed by atoms with Crippen LogP contribution in [0.4, 0.5) is 0 Å². The van der Waals surface area contributed by atoms with Crippen molar-refractivity contribution in [2.24, 2.45) is 7.05 Å². The van der Waals surface area contributed by atoms with E-state index >= 15 is 0 Å². The number of fused-ring (bicyclic) bond motifs is 1. The van der Waals surface area contributed by atoms with Gasteiger partial charge in [0.2, 0.25) is 0 Å². The van der Waals surface area contributed by atoms with Gasteiger partial charge in [0.25, 0.3) is 0 Å². The molecular formula is C23H27N3O3. The minimum absolute atomic E-state index is 0.672. The Balaban J connectivity index is 1.47. The Bertz CT molecular complexity index is 968. The van der Waals surface area contributed by atoms with Crippen molar-refractivity contribution in [1.82, 2.24) is 15.1 Å². The monoisotopic (exact) mass is 393 g/mol. The molecule has 1 aromatic heterocycles. The summed E-state index contributed by atoms with van der Waals surface area (Å²) in [5.41, 5.74) is 4.32. The summed E-state index contributed by atoms with van der Waals surface area (Å²) in [6.45, 7) is 5.51. The molecule has 6 nitrogen and oxygen atoms in total. The normalized spacial score (nSPS) is 13.2. The Hall–Kier alpha value is -2.99. The standard InChI is InChI=1S/C23H27N3O3/c1-3-27-20-7-4-6-17(12-20)14-24-15-19-16-26(2)25-23(19)18-8-9-21-22(13-18)29-11-5-10-28-21/h4,6-9,12-13,16,24H,3,5,10-11,14-15H2,1-2H3. The topological polar surface area (TPSA) is 57.5 Å². The van der Waals surface area contributed by atoms with Crippen LogP contribution in [-0.4, -0.2) is 29.6 Å². The Labute approximate surface area is 171 Å². The Morgan fingerprint density at radius 2 is 1.93 bits per heavy atom. The third kappa shape index (κ3) is 4.71. The minimum Gasteiger partial charge on any atom is -0.494 e. The lowest BCUT2D eigenvalue weighted by molar-refractivity contribution is 0.297. The number of benzene rings is 2. The van der Waals surface area contributed by atoms with E-state index in [9.17, 15) is 0 Å². The van der Waals surface area contributed by atoms with Crippen LogP contribution in [0.5, 0.6) is 17.2 Å². The van der Waals surface area contributed by atoms with Crippen molar-refractivity contribution in [3.63, 3.8) is 0 Å². The smallest absolute Gasteiger partial charge is 0.161 e. The van der Waals surface area contributed by atoms with Crippen molar-refractivity contribution in [2.45, 2.75) is 26.4 Å². The van der Waals surface area contributed by atoms with Crippen LogP contribution >= 0.6 is 0 Å². The highest BCUT2D eigenvalue weighted by Crippen LogP contribution is 2.34. The SMILES string of the molecule is CCOc1cccc(CNCc2cn(C)nc2-c2ccc3c(c2)OCCCO3)c1. The molecule has 29 heavy (non-hydrogen) atoms. The molecule has 0 unspecified atom stereocenters. The summed E-state index contributed by atoms with van der Waals surface area (Å²) in [5, 5.41) is 8.20. The van der Waals surface area contributed by atoms with E-state index in [1.165, 1.54) is 5.56 Å². The molecule has 0 atom stereocenters. The van der Waals surface area contributed by atoms with E-state index in [2.05, 4.69) is 28.7 Å². The van der Waals surface area contributed by atoms with Gasteiger partial charge < -0.3 is 19.5 Å². The van der Waals surface area contributed by atoms with Crippen LogP contribution in [0.15, 0.2) is 48.7 Å². The first-order chi connectivity index (χ1) is 14.2. The molecule has 1 N–H and O–H groups in total. The highest BCUT2D eigenvalue weighted by Gasteiger charge is 2.15. The minimum atomic E-state index is 0.672. The van der Waals surface area contributed by atoms with Gasteiger partial charge >= 0.3 is 0 Å². The molecular weight excluding hydrogens is 366 g/mol. The molecule has 0 aliphatic carbocycles. The van der Waals surface area contributed by atoms with Crippen molar-refractivity contribution >= 4 is 0 Å². The second-order valence-corrected chi connectivity index (χ2v) is 7.07. The molecule has 0 amide bonds. The van der Waals surface area contributed by atoms with Crippen molar-refractivity contribution in [3.05, 3.63) is 59.8 Å². The highest BCUT2D eigenvalue weighted by atomic mass is 16.5. The maximum Gasteiger partial charge on any atom is 0.161 e. The predicted octanol–water partition coefficient (Wildman–Crippen LogP) is 3.94. The molecule has 2 aromatic carbocycles. The van der Waals surface area contributed by atoms with Crippen LogP contribution in [0.25, 0.3) is 11.3 Å². The zero-order valence-corrected chi connectivity index (χ0v) is 17.0. The van der Waals surface area contributed by atoms with Crippen molar-refractivity contribution in [3.8, 4) is 28.5 Å². The van der Waals surface area contributed by atoms with E-state index in [0.717, 1.165) is 53.6 Å².